The predicted molar refractivity (Wildman–Crippen MR) is 179 cm³/mol. The fourth-order valence-corrected chi connectivity index (χ4v) is 6.55. The molecule has 1 aromatic heterocycles. The van der Waals surface area contributed by atoms with Gasteiger partial charge in [-0.2, -0.15) is 0 Å². The molecule has 234 valence electrons. The normalized spacial score (nSPS) is 14.7. The number of aromatic nitrogens is 1. The zero-order chi connectivity index (χ0) is 32.2. The lowest BCUT2D eigenvalue weighted by atomic mass is 9.95. The molecule has 0 fully saturated rings. The first kappa shape index (κ1) is 32.2. The van der Waals surface area contributed by atoms with Crippen molar-refractivity contribution in [2.45, 2.75) is 53.4 Å². The van der Waals surface area contributed by atoms with Gasteiger partial charge in [-0.05, 0) is 70.0 Å². The summed E-state index contributed by atoms with van der Waals surface area (Å²) in [5.41, 5.74) is 4.12. The van der Waals surface area contributed by atoms with Gasteiger partial charge in [-0.1, -0.05) is 75.3 Å². The van der Waals surface area contributed by atoms with Crippen molar-refractivity contribution in [1.82, 2.24) is 4.57 Å². The Morgan fingerprint density at radius 1 is 1.07 bits per heavy atom. The third-order valence-corrected chi connectivity index (χ3v) is 8.85. The molecule has 0 aliphatic carbocycles. The second-order valence-corrected chi connectivity index (χ2v) is 12.7. The summed E-state index contributed by atoms with van der Waals surface area (Å²) in [7, 11) is 1.58. The maximum atomic E-state index is 14.2. The average Bonchev–Trinajstić information content (AvgIpc) is 3.31. The summed E-state index contributed by atoms with van der Waals surface area (Å²) < 4.78 is 26.0. The number of para-hydroxylation sites is 1. The minimum absolute atomic E-state index is 0.116. The van der Waals surface area contributed by atoms with Crippen molar-refractivity contribution < 1.29 is 23.7 Å². The van der Waals surface area contributed by atoms with E-state index in [1.165, 1.54) is 16.9 Å². The smallest absolute Gasteiger partial charge is 0.338 e. The quantitative estimate of drug-likeness (QED) is 0.183. The molecule has 1 aliphatic heterocycles. The number of carbonyl (C=O) groups is 1. The summed E-state index contributed by atoms with van der Waals surface area (Å²) >= 11 is 4.91. The van der Waals surface area contributed by atoms with Crippen LogP contribution < -0.4 is 29.1 Å². The van der Waals surface area contributed by atoms with E-state index in [1.807, 2.05) is 81.4 Å². The number of thiazole rings is 1. The second-order valence-electron chi connectivity index (χ2n) is 10.8. The Labute approximate surface area is 274 Å². The van der Waals surface area contributed by atoms with Gasteiger partial charge in [0.15, 0.2) is 16.3 Å². The summed E-state index contributed by atoms with van der Waals surface area (Å²) in [4.78, 5) is 32.7. The van der Waals surface area contributed by atoms with E-state index in [1.54, 1.807) is 31.6 Å². The van der Waals surface area contributed by atoms with Crippen molar-refractivity contribution in [3.05, 3.63) is 118 Å². The molecule has 0 radical (unpaired) electrons. The maximum Gasteiger partial charge on any atom is 0.338 e. The molecule has 45 heavy (non-hydrogen) atoms. The Morgan fingerprint density at radius 3 is 2.49 bits per heavy atom. The van der Waals surface area contributed by atoms with Gasteiger partial charge < -0.3 is 18.9 Å². The number of methoxy groups -OCH3 is 1. The highest BCUT2D eigenvalue weighted by Crippen LogP contribution is 2.37. The number of carbonyl (C=O) groups excluding carboxylic acids is 1. The van der Waals surface area contributed by atoms with E-state index in [2.05, 4.69) is 15.9 Å². The molecular formula is C35H35BrN2O6S. The standard InChI is InChI=1S/C35H35BrN2O6S/c1-7-42-34(40)31-22(5)37-35-38(32(31)25-10-8-9-11-27(25)44-20(2)3)33(39)30(45-35)17-24-16-28(41-6)29(18-26(24)36)43-19-23-14-12-21(4)13-15-23/h8-18,20,32H,7,19H2,1-6H3/b30-17+/t32-/m0/s1. The molecule has 0 N–H and O–H groups in total. The lowest BCUT2D eigenvalue weighted by molar-refractivity contribution is -0.139. The number of esters is 1. The van der Waals surface area contributed by atoms with Crippen LogP contribution >= 0.6 is 27.3 Å². The summed E-state index contributed by atoms with van der Waals surface area (Å²) in [5, 5.41) is 0. The van der Waals surface area contributed by atoms with Crippen molar-refractivity contribution in [3.8, 4) is 17.2 Å². The number of halogens is 1. The Morgan fingerprint density at radius 2 is 1.80 bits per heavy atom. The van der Waals surface area contributed by atoms with Crippen LogP contribution in [0.3, 0.4) is 0 Å². The second kappa shape index (κ2) is 13.9. The Bertz CT molecular complexity index is 1940. The van der Waals surface area contributed by atoms with E-state index in [4.69, 9.17) is 23.9 Å². The van der Waals surface area contributed by atoms with Crippen molar-refractivity contribution in [3.63, 3.8) is 0 Å². The molecule has 0 bridgehead atoms. The molecule has 0 spiro atoms. The van der Waals surface area contributed by atoms with Gasteiger partial charge in [0.25, 0.3) is 5.56 Å². The Balaban J connectivity index is 1.60. The van der Waals surface area contributed by atoms with Crippen LogP contribution in [-0.4, -0.2) is 30.4 Å². The van der Waals surface area contributed by atoms with Crippen LogP contribution in [0.2, 0.25) is 0 Å². The van der Waals surface area contributed by atoms with E-state index in [9.17, 15) is 9.59 Å². The van der Waals surface area contributed by atoms with Gasteiger partial charge in [0.1, 0.15) is 18.4 Å². The molecule has 0 saturated carbocycles. The van der Waals surface area contributed by atoms with Gasteiger partial charge >= 0.3 is 5.97 Å². The number of aryl methyl sites for hydroxylation is 1. The lowest BCUT2D eigenvalue weighted by Crippen LogP contribution is -2.40. The highest BCUT2D eigenvalue weighted by Gasteiger charge is 2.35. The van der Waals surface area contributed by atoms with Crippen LogP contribution in [0.1, 0.15) is 56.0 Å². The first-order chi connectivity index (χ1) is 21.6. The molecule has 10 heteroatoms. The minimum Gasteiger partial charge on any atom is -0.493 e. The minimum atomic E-state index is -0.784. The van der Waals surface area contributed by atoms with Crippen molar-refractivity contribution in [2.24, 2.45) is 4.99 Å². The number of hydrogen-bond acceptors (Lipinski definition) is 8. The molecule has 1 aliphatic rings. The van der Waals surface area contributed by atoms with Gasteiger partial charge in [-0.25, -0.2) is 9.79 Å². The van der Waals surface area contributed by atoms with E-state index < -0.39 is 12.0 Å². The third-order valence-electron chi connectivity index (χ3n) is 7.18. The molecule has 4 aromatic rings. The monoisotopic (exact) mass is 690 g/mol. The van der Waals surface area contributed by atoms with Crippen molar-refractivity contribution in [1.29, 1.82) is 0 Å². The van der Waals surface area contributed by atoms with Gasteiger partial charge in [0, 0.05) is 10.0 Å². The van der Waals surface area contributed by atoms with Gasteiger partial charge in [-0.3, -0.25) is 9.36 Å². The molecule has 0 saturated heterocycles. The third kappa shape index (κ3) is 6.92. The SMILES string of the molecule is CCOC(=O)C1=C(C)N=c2s/c(=C/c3cc(OC)c(OCc4ccc(C)cc4)cc3Br)c(=O)n2[C@H]1c1ccccc1OC(C)C. The van der Waals surface area contributed by atoms with Crippen LogP contribution in [0.15, 0.2) is 86.2 Å². The maximum absolute atomic E-state index is 14.2. The molecule has 2 heterocycles. The molecule has 5 rings (SSSR count). The van der Waals surface area contributed by atoms with Gasteiger partial charge in [-0.15, -0.1) is 0 Å². The van der Waals surface area contributed by atoms with E-state index in [0.29, 0.717) is 50.0 Å². The van der Waals surface area contributed by atoms with E-state index >= 15 is 0 Å². The Hall–Kier alpha value is -4.15. The number of allylic oxidation sites excluding steroid dienone is 1. The van der Waals surface area contributed by atoms with E-state index in [-0.39, 0.29) is 18.3 Å². The van der Waals surface area contributed by atoms with Crippen LogP contribution in [0.25, 0.3) is 6.08 Å². The van der Waals surface area contributed by atoms with Crippen LogP contribution in [0, 0.1) is 6.92 Å². The van der Waals surface area contributed by atoms with Crippen LogP contribution in [0.5, 0.6) is 17.2 Å². The molecule has 0 amide bonds. The van der Waals surface area contributed by atoms with Gasteiger partial charge in [0.05, 0.1) is 35.6 Å². The fourth-order valence-electron chi connectivity index (χ4n) is 5.07. The summed E-state index contributed by atoms with van der Waals surface area (Å²) in [6.07, 6.45) is 1.67. The van der Waals surface area contributed by atoms with Gasteiger partial charge in [0.2, 0.25) is 0 Å². The molecule has 0 unspecified atom stereocenters. The van der Waals surface area contributed by atoms with Crippen molar-refractivity contribution in [2.75, 3.05) is 13.7 Å². The number of fused-ring (bicyclic) bond motifs is 1. The molecular weight excluding hydrogens is 656 g/mol. The summed E-state index contributed by atoms with van der Waals surface area (Å²) in [6, 6.07) is 18.5. The number of ether oxygens (including phenoxy) is 4. The number of nitrogens with zero attached hydrogens (tertiary/aromatic N) is 2. The first-order valence-electron chi connectivity index (χ1n) is 14.6. The lowest BCUT2D eigenvalue weighted by Gasteiger charge is -2.26. The first-order valence-corrected chi connectivity index (χ1v) is 16.2. The predicted octanol–water partition coefficient (Wildman–Crippen LogP) is 6.24. The van der Waals surface area contributed by atoms with E-state index in [0.717, 1.165) is 15.6 Å². The Kier molecular flexibility index (Phi) is 9.94. The zero-order valence-electron chi connectivity index (χ0n) is 26.0. The molecule has 8 nitrogen and oxygen atoms in total. The summed E-state index contributed by atoms with van der Waals surface area (Å²) in [6.45, 7) is 9.99. The highest BCUT2D eigenvalue weighted by molar-refractivity contribution is 9.10. The number of rotatable bonds is 10. The van der Waals surface area contributed by atoms with Crippen LogP contribution in [-0.2, 0) is 16.1 Å². The molecule has 3 aromatic carbocycles. The van der Waals surface area contributed by atoms with Crippen LogP contribution in [0.4, 0.5) is 0 Å². The highest BCUT2D eigenvalue weighted by atomic mass is 79.9. The summed E-state index contributed by atoms with van der Waals surface area (Å²) in [5.74, 6) is 1.16. The number of benzene rings is 3. The zero-order valence-corrected chi connectivity index (χ0v) is 28.5. The number of hydrogen-bond donors (Lipinski definition) is 0. The average molecular weight is 692 g/mol. The topological polar surface area (TPSA) is 88.4 Å². The molecule has 1 atom stereocenters. The fraction of sp³-hybridized carbons (Fsp3) is 0.286. The van der Waals surface area contributed by atoms with Crippen molar-refractivity contribution >= 4 is 39.3 Å². The largest absolute Gasteiger partial charge is 0.493 e.